The van der Waals surface area contributed by atoms with Crippen molar-refractivity contribution >= 4 is 33.9 Å². The molecule has 2 heterocycles. The molecule has 10 heteroatoms. The lowest BCUT2D eigenvalue weighted by Crippen LogP contribution is -2.48. The van der Waals surface area contributed by atoms with Gasteiger partial charge in [0.25, 0.3) is 0 Å². The fraction of sp³-hybridized carbons (Fsp3) is 0.400. The summed E-state index contributed by atoms with van der Waals surface area (Å²) in [6.45, 7) is 4.07. The number of nitrogens with zero attached hydrogens (tertiary/aromatic N) is 2. The van der Waals surface area contributed by atoms with Gasteiger partial charge in [-0.15, -0.1) is 11.3 Å². The first-order valence-electron chi connectivity index (χ1n) is 9.30. The number of alkyl halides is 3. The molecule has 1 N–H and O–H groups in total. The number of ether oxygens (including phenoxy) is 1. The van der Waals surface area contributed by atoms with E-state index in [-0.39, 0.29) is 12.5 Å². The number of methoxy groups -OCH3 is 1. The molecule has 0 radical (unpaired) electrons. The van der Waals surface area contributed by atoms with Crippen molar-refractivity contribution < 1.29 is 27.5 Å². The molecule has 0 bridgehead atoms. The van der Waals surface area contributed by atoms with Gasteiger partial charge in [-0.1, -0.05) is 6.07 Å². The van der Waals surface area contributed by atoms with Crippen LogP contribution in [-0.4, -0.2) is 56.6 Å². The topological polar surface area (TPSA) is 61.9 Å². The summed E-state index contributed by atoms with van der Waals surface area (Å²) in [5.74, 6) is -0.765. The molecule has 30 heavy (non-hydrogen) atoms. The predicted molar refractivity (Wildman–Crippen MR) is 109 cm³/mol. The van der Waals surface area contributed by atoms with Gasteiger partial charge in [0.1, 0.15) is 5.00 Å². The number of hydrogen-bond acceptors (Lipinski definition) is 6. The van der Waals surface area contributed by atoms with Gasteiger partial charge in [0.15, 0.2) is 0 Å². The molecule has 1 saturated heterocycles. The Morgan fingerprint density at radius 2 is 1.87 bits per heavy atom. The monoisotopic (exact) mass is 441 g/mol. The number of hydrogen-bond donors (Lipinski definition) is 1. The van der Waals surface area contributed by atoms with Crippen LogP contribution in [0.4, 0.5) is 23.9 Å². The normalized spacial score (nSPS) is 15.2. The van der Waals surface area contributed by atoms with Gasteiger partial charge in [0, 0.05) is 36.7 Å². The third-order valence-electron chi connectivity index (χ3n) is 4.79. The van der Waals surface area contributed by atoms with Crippen molar-refractivity contribution in [3.63, 3.8) is 0 Å². The molecule has 1 aromatic carbocycles. The van der Waals surface area contributed by atoms with Gasteiger partial charge in [-0.2, -0.15) is 13.2 Å². The number of rotatable bonds is 5. The van der Waals surface area contributed by atoms with Crippen LogP contribution in [0.3, 0.4) is 0 Å². The van der Waals surface area contributed by atoms with Gasteiger partial charge in [0.05, 0.1) is 24.8 Å². The van der Waals surface area contributed by atoms with Gasteiger partial charge in [-0.05, 0) is 31.2 Å². The lowest BCUT2D eigenvalue weighted by atomic mass is 10.1. The summed E-state index contributed by atoms with van der Waals surface area (Å²) < 4.78 is 43.5. The van der Waals surface area contributed by atoms with E-state index >= 15 is 0 Å². The number of thiophene rings is 1. The molecule has 1 aliphatic heterocycles. The highest BCUT2D eigenvalue weighted by Gasteiger charge is 2.31. The fourth-order valence-corrected chi connectivity index (χ4v) is 4.20. The molecule has 0 unspecified atom stereocenters. The zero-order valence-electron chi connectivity index (χ0n) is 16.6. The average molecular weight is 441 g/mol. The van der Waals surface area contributed by atoms with Crippen LogP contribution < -0.4 is 10.2 Å². The number of esters is 1. The van der Waals surface area contributed by atoms with Crippen molar-refractivity contribution in [1.29, 1.82) is 0 Å². The summed E-state index contributed by atoms with van der Waals surface area (Å²) in [5.41, 5.74) is 0.169. The van der Waals surface area contributed by atoms with Crippen LogP contribution in [0.25, 0.3) is 0 Å². The molecular formula is C20H22F3N3O3S. The molecule has 3 rings (SSSR count). The SMILES string of the molecule is COC(=O)c1cc(C)sc1NC(=O)CN1CCN(c2cccc(C(F)(F)F)c2)CC1. The summed E-state index contributed by atoms with van der Waals surface area (Å²) in [5, 5.41) is 3.21. The van der Waals surface area contributed by atoms with Crippen LogP contribution in [0.1, 0.15) is 20.8 Å². The maximum Gasteiger partial charge on any atom is 0.416 e. The molecule has 6 nitrogen and oxygen atoms in total. The Kier molecular flexibility index (Phi) is 6.67. The van der Waals surface area contributed by atoms with Crippen molar-refractivity contribution in [2.24, 2.45) is 0 Å². The van der Waals surface area contributed by atoms with Crippen molar-refractivity contribution in [2.75, 3.05) is 50.1 Å². The third-order valence-corrected chi connectivity index (χ3v) is 5.76. The first-order valence-corrected chi connectivity index (χ1v) is 10.1. The van der Waals surface area contributed by atoms with E-state index in [0.717, 1.165) is 17.0 Å². The Labute approximate surface area is 176 Å². The molecule has 1 aliphatic rings. The predicted octanol–water partition coefficient (Wildman–Crippen LogP) is 3.62. The smallest absolute Gasteiger partial charge is 0.416 e. The van der Waals surface area contributed by atoms with Gasteiger partial charge < -0.3 is 15.0 Å². The number of anilines is 2. The number of piperazine rings is 1. The number of amides is 1. The Balaban J connectivity index is 1.55. The number of halogens is 3. The largest absolute Gasteiger partial charge is 0.465 e. The van der Waals surface area contributed by atoms with Crippen molar-refractivity contribution in [2.45, 2.75) is 13.1 Å². The summed E-state index contributed by atoms with van der Waals surface area (Å²) >= 11 is 1.30. The molecule has 1 fully saturated rings. The van der Waals surface area contributed by atoms with Crippen LogP contribution in [0.5, 0.6) is 0 Å². The maximum atomic E-state index is 12.9. The highest BCUT2D eigenvalue weighted by molar-refractivity contribution is 7.16. The standard InChI is InChI=1S/C20H22F3N3O3S/c1-13-10-16(19(28)29-2)18(30-13)24-17(27)12-25-6-8-26(9-7-25)15-5-3-4-14(11-15)20(21,22)23/h3-5,10-11H,6-9,12H2,1-2H3,(H,24,27). The van der Waals surface area contributed by atoms with Crippen LogP contribution in [0.15, 0.2) is 30.3 Å². The summed E-state index contributed by atoms with van der Waals surface area (Å²) in [4.78, 5) is 28.9. The Hall–Kier alpha value is -2.59. The second-order valence-corrected chi connectivity index (χ2v) is 8.21. The van der Waals surface area contributed by atoms with Crippen molar-refractivity contribution in [3.05, 3.63) is 46.3 Å². The molecule has 162 valence electrons. The first kappa shape index (κ1) is 22.1. The molecule has 0 saturated carbocycles. The van der Waals surface area contributed by atoms with Gasteiger partial charge in [0.2, 0.25) is 5.91 Å². The van der Waals surface area contributed by atoms with Crippen LogP contribution in [0.2, 0.25) is 0 Å². The lowest BCUT2D eigenvalue weighted by molar-refractivity contribution is -0.137. The number of benzene rings is 1. The van der Waals surface area contributed by atoms with E-state index in [4.69, 9.17) is 4.74 Å². The van der Waals surface area contributed by atoms with E-state index in [1.807, 2.05) is 16.7 Å². The lowest BCUT2D eigenvalue weighted by Gasteiger charge is -2.35. The summed E-state index contributed by atoms with van der Waals surface area (Å²) in [7, 11) is 1.28. The van der Waals surface area contributed by atoms with E-state index in [0.29, 0.717) is 42.4 Å². The highest BCUT2D eigenvalue weighted by Crippen LogP contribution is 2.32. The zero-order valence-corrected chi connectivity index (χ0v) is 17.4. The number of nitrogens with one attached hydrogen (secondary N) is 1. The molecule has 1 aromatic heterocycles. The first-order chi connectivity index (χ1) is 14.2. The minimum Gasteiger partial charge on any atom is -0.465 e. The molecule has 0 aliphatic carbocycles. The summed E-state index contributed by atoms with van der Waals surface area (Å²) in [6, 6.07) is 6.93. The molecule has 2 aromatic rings. The molecule has 0 atom stereocenters. The van der Waals surface area contributed by atoms with E-state index < -0.39 is 17.7 Å². The maximum absolute atomic E-state index is 12.9. The van der Waals surface area contributed by atoms with E-state index in [9.17, 15) is 22.8 Å². The third kappa shape index (κ3) is 5.31. The van der Waals surface area contributed by atoms with Crippen LogP contribution in [-0.2, 0) is 15.7 Å². The minimum atomic E-state index is -4.38. The van der Waals surface area contributed by atoms with E-state index in [2.05, 4.69) is 5.32 Å². The Bertz CT molecular complexity index is 922. The fourth-order valence-electron chi connectivity index (χ4n) is 3.28. The number of carbonyl (C=O) groups is 2. The Morgan fingerprint density at radius 1 is 1.17 bits per heavy atom. The molecular weight excluding hydrogens is 419 g/mol. The van der Waals surface area contributed by atoms with Gasteiger partial charge in [-0.3, -0.25) is 9.69 Å². The van der Waals surface area contributed by atoms with Crippen LogP contribution in [0, 0.1) is 6.92 Å². The van der Waals surface area contributed by atoms with Crippen LogP contribution >= 0.6 is 11.3 Å². The van der Waals surface area contributed by atoms with Crippen molar-refractivity contribution in [1.82, 2.24) is 4.90 Å². The van der Waals surface area contributed by atoms with E-state index in [1.54, 1.807) is 12.1 Å². The van der Waals surface area contributed by atoms with Gasteiger partial charge in [-0.25, -0.2) is 4.79 Å². The second kappa shape index (κ2) is 9.05. The highest BCUT2D eigenvalue weighted by atomic mass is 32.1. The average Bonchev–Trinajstić information content (AvgIpc) is 3.07. The molecule has 0 spiro atoms. The molecule has 1 amide bonds. The quantitative estimate of drug-likeness (QED) is 0.719. The second-order valence-electron chi connectivity index (χ2n) is 6.95. The van der Waals surface area contributed by atoms with Crippen molar-refractivity contribution in [3.8, 4) is 0 Å². The van der Waals surface area contributed by atoms with Gasteiger partial charge >= 0.3 is 12.1 Å². The van der Waals surface area contributed by atoms with E-state index in [1.165, 1.54) is 24.5 Å². The summed E-state index contributed by atoms with van der Waals surface area (Å²) in [6.07, 6.45) is -4.38. The minimum absolute atomic E-state index is 0.133. The number of aryl methyl sites for hydroxylation is 1. The zero-order chi connectivity index (χ0) is 21.9. The number of carbonyl (C=O) groups excluding carboxylic acids is 2. The Morgan fingerprint density at radius 3 is 2.50 bits per heavy atom.